The van der Waals surface area contributed by atoms with Gasteiger partial charge in [0.15, 0.2) is 0 Å². The second-order valence-corrected chi connectivity index (χ2v) is 3.91. The van der Waals surface area contributed by atoms with Crippen molar-refractivity contribution >= 4 is 12.4 Å². The van der Waals surface area contributed by atoms with Gasteiger partial charge in [-0.3, -0.25) is 4.39 Å². The Bertz CT molecular complexity index is 271. The first-order valence-electron chi connectivity index (χ1n) is 5.06. The van der Waals surface area contributed by atoms with Crippen LogP contribution in [0.5, 0.6) is 0 Å². The molecule has 3 heteroatoms. The van der Waals surface area contributed by atoms with Gasteiger partial charge in [0.1, 0.15) is 0 Å². The third-order valence-corrected chi connectivity index (χ3v) is 2.45. The second kappa shape index (κ2) is 6.81. The maximum atomic E-state index is 12.1. The van der Waals surface area contributed by atoms with E-state index in [2.05, 4.69) is 26.0 Å². The minimum absolute atomic E-state index is 0. The van der Waals surface area contributed by atoms with Crippen molar-refractivity contribution in [3.05, 3.63) is 35.4 Å². The van der Waals surface area contributed by atoms with Crippen molar-refractivity contribution in [3.63, 3.8) is 0 Å². The van der Waals surface area contributed by atoms with Crippen molar-refractivity contribution in [2.75, 3.05) is 6.67 Å². The Kier molecular flexibility index (Phi) is 6.53. The first kappa shape index (κ1) is 14.4. The molecular weight excluding hydrogens is 213 g/mol. The molecule has 2 N–H and O–H groups in total. The molecule has 0 fully saturated rings. The highest BCUT2D eigenvalue weighted by Crippen LogP contribution is 2.19. The van der Waals surface area contributed by atoms with E-state index in [0.717, 1.165) is 5.56 Å². The maximum Gasteiger partial charge on any atom is 0.0912 e. The summed E-state index contributed by atoms with van der Waals surface area (Å²) >= 11 is 0. The van der Waals surface area contributed by atoms with E-state index in [4.69, 9.17) is 5.73 Å². The monoisotopic (exact) mass is 231 g/mol. The first-order valence-corrected chi connectivity index (χ1v) is 5.06. The molecule has 0 saturated heterocycles. The van der Waals surface area contributed by atoms with Crippen LogP contribution in [0.25, 0.3) is 0 Å². The summed E-state index contributed by atoms with van der Waals surface area (Å²) in [6.07, 6.45) is 0.404. The topological polar surface area (TPSA) is 26.0 Å². The van der Waals surface area contributed by atoms with Crippen LogP contribution in [0.15, 0.2) is 24.3 Å². The normalized spacial score (nSPS) is 12.3. The van der Waals surface area contributed by atoms with Gasteiger partial charge in [0.25, 0.3) is 0 Å². The van der Waals surface area contributed by atoms with Crippen molar-refractivity contribution in [1.29, 1.82) is 0 Å². The van der Waals surface area contributed by atoms with Crippen LogP contribution in [-0.4, -0.2) is 6.67 Å². The summed E-state index contributed by atoms with van der Waals surface area (Å²) in [6, 6.07) is 7.96. The molecule has 0 amide bonds. The van der Waals surface area contributed by atoms with Crippen LogP contribution in [0.3, 0.4) is 0 Å². The highest BCUT2D eigenvalue weighted by Gasteiger charge is 2.05. The molecule has 15 heavy (non-hydrogen) atoms. The summed E-state index contributed by atoms with van der Waals surface area (Å²) in [5, 5.41) is 0. The van der Waals surface area contributed by atoms with Crippen molar-refractivity contribution in [2.24, 2.45) is 5.73 Å². The zero-order valence-electron chi connectivity index (χ0n) is 9.24. The van der Waals surface area contributed by atoms with Crippen LogP contribution in [0.2, 0.25) is 0 Å². The summed E-state index contributed by atoms with van der Waals surface area (Å²) in [7, 11) is 0. The highest BCUT2D eigenvalue weighted by molar-refractivity contribution is 5.85. The SMILES string of the molecule is CC(C)c1ccc([C@H](N)CCF)cc1.Cl. The van der Waals surface area contributed by atoms with Gasteiger partial charge in [-0.15, -0.1) is 12.4 Å². The van der Waals surface area contributed by atoms with Crippen LogP contribution in [0.1, 0.15) is 43.4 Å². The molecule has 0 aliphatic rings. The average Bonchev–Trinajstić information content (AvgIpc) is 2.18. The van der Waals surface area contributed by atoms with Gasteiger partial charge in [0.2, 0.25) is 0 Å². The van der Waals surface area contributed by atoms with Crippen LogP contribution < -0.4 is 5.73 Å². The lowest BCUT2D eigenvalue weighted by molar-refractivity contribution is 0.442. The Morgan fingerprint density at radius 3 is 2.00 bits per heavy atom. The molecule has 0 aliphatic heterocycles. The molecule has 0 heterocycles. The van der Waals surface area contributed by atoms with Crippen molar-refractivity contribution in [1.82, 2.24) is 0 Å². The van der Waals surface area contributed by atoms with E-state index >= 15 is 0 Å². The Morgan fingerprint density at radius 1 is 1.13 bits per heavy atom. The van der Waals surface area contributed by atoms with Crippen LogP contribution in [0, 0.1) is 0 Å². The van der Waals surface area contributed by atoms with E-state index in [1.807, 2.05) is 12.1 Å². The minimum atomic E-state index is -0.354. The van der Waals surface area contributed by atoms with Crippen LogP contribution in [0.4, 0.5) is 4.39 Å². The molecule has 0 radical (unpaired) electrons. The molecule has 1 rings (SSSR count). The Morgan fingerprint density at radius 2 is 1.60 bits per heavy atom. The van der Waals surface area contributed by atoms with Crippen LogP contribution in [-0.2, 0) is 0 Å². The number of hydrogen-bond acceptors (Lipinski definition) is 1. The van der Waals surface area contributed by atoms with Crippen LogP contribution >= 0.6 is 12.4 Å². The summed E-state index contributed by atoms with van der Waals surface area (Å²) < 4.78 is 12.1. The van der Waals surface area contributed by atoms with Gasteiger partial charge in [-0.2, -0.15) is 0 Å². The van der Waals surface area contributed by atoms with E-state index in [1.165, 1.54) is 5.56 Å². The van der Waals surface area contributed by atoms with Crippen molar-refractivity contribution in [2.45, 2.75) is 32.2 Å². The summed E-state index contributed by atoms with van der Waals surface area (Å²) in [5.41, 5.74) is 8.10. The van der Waals surface area contributed by atoms with Gasteiger partial charge in [-0.05, 0) is 23.5 Å². The number of benzene rings is 1. The molecular formula is C12H19ClFN. The lowest BCUT2D eigenvalue weighted by atomic mass is 9.98. The molecule has 86 valence electrons. The fourth-order valence-electron chi connectivity index (χ4n) is 1.41. The number of nitrogens with two attached hydrogens (primary N) is 1. The Hall–Kier alpha value is -0.600. The Balaban J connectivity index is 0.00000196. The van der Waals surface area contributed by atoms with Crippen molar-refractivity contribution in [3.8, 4) is 0 Å². The molecule has 0 unspecified atom stereocenters. The number of hydrogen-bond donors (Lipinski definition) is 1. The minimum Gasteiger partial charge on any atom is -0.324 e. The summed E-state index contributed by atoms with van der Waals surface area (Å²) in [6.45, 7) is 3.94. The fourth-order valence-corrected chi connectivity index (χ4v) is 1.41. The second-order valence-electron chi connectivity index (χ2n) is 3.91. The highest BCUT2D eigenvalue weighted by atomic mass is 35.5. The predicted octanol–water partition coefficient (Wildman–Crippen LogP) is 3.59. The van der Waals surface area contributed by atoms with Gasteiger partial charge in [0, 0.05) is 6.04 Å². The van der Waals surface area contributed by atoms with Gasteiger partial charge in [-0.25, -0.2) is 0 Å². The number of rotatable bonds is 4. The quantitative estimate of drug-likeness (QED) is 0.842. The van der Waals surface area contributed by atoms with Gasteiger partial charge in [0.05, 0.1) is 6.67 Å². The van der Waals surface area contributed by atoms with E-state index in [9.17, 15) is 4.39 Å². The van der Waals surface area contributed by atoms with Crippen molar-refractivity contribution < 1.29 is 4.39 Å². The lowest BCUT2D eigenvalue weighted by Crippen LogP contribution is -2.10. The van der Waals surface area contributed by atoms with E-state index in [0.29, 0.717) is 12.3 Å². The smallest absolute Gasteiger partial charge is 0.0912 e. The largest absolute Gasteiger partial charge is 0.324 e. The number of alkyl halides is 1. The van der Waals surface area contributed by atoms with E-state index < -0.39 is 0 Å². The molecule has 0 aliphatic carbocycles. The first-order chi connectivity index (χ1) is 6.65. The van der Waals surface area contributed by atoms with E-state index in [1.54, 1.807) is 0 Å². The molecule has 0 bridgehead atoms. The molecule has 0 aromatic heterocycles. The summed E-state index contributed by atoms with van der Waals surface area (Å²) in [4.78, 5) is 0. The molecule has 0 saturated carbocycles. The lowest BCUT2D eigenvalue weighted by Gasteiger charge is -2.11. The standard InChI is InChI=1S/C12H18FN.ClH/c1-9(2)10-3-5-11(6-4-10)12(14)7-8-13;/h3-6,9,12H,7-8,14H2,1-2H3;1H/t12-;/m1./s1. The van der Waals surface area contributed by atoms with E-state index in [-0.39, 0.29) is 25.1 Å². The molecule has 1 aromatic carbocycles. The zero-order valence-corrected chi connectivity index (χ0v) is 10.1. The molecule has 0 spiro atoms. The molecule has 1 aromatic rings. The predicted molar refractivity (Wildman–Crippen MR) is 65.3 cm³/mol. The molecule has 1 nitrogen and oxygen atoms in total. The third kappa shape index (κ3) is 4.18. The fraction of sp³-hybridized carbons (Fsp3) is 0.500. The maximum absolute atomic E-state index is 12.1. The van der Waals surface area contributed by atoms with Gasteiger partial charge in [-0.1, -0.05) is 38.1 Å². The molecule has 1 atom stereocenters. The zero-order chi connectivity index (χ0) is 10.6. The number of halogens is 2. The third-order valence-electron chi connectivity index (χ3n) is 2.45. The van der Waals surface area contributed by atoms with Gasteiger partial charge >= 0.3 is 0 Å². The van der Waals surface area contributed by atoms with Gasteiger partial charge < -0.3 is 5.73 Å². The summed E-state index contributed by atoms with van der Waals surface area (Å²) in [5.74, 6) is 0.529. The Labute approximate surface area is 97.3 Å². The average molecular weight is 232 g/mol.